The van der Waals surface area contributed by atoms with Crippen molar-refractivity contribution < 1.29 is 19.1 Å². The standard InChI is InChI=1S/C17H13N7O4/c1-9-22-23-15(28-9)14(25)19-11-4-2-3-10(5-11)13-8-24-7-12(20-17(26)27)6-18-16(24)21-13/h2-8,20H,1H3,(H,19,25)(H,26,27). The van der Waals surface area contributed by atoms with E-state index in [0.29, 0.717) is 28.7 Å². The van der Waals surface area contributed by atoms with Gasteiger partial charge in [-0.1, -0.05) is 12.1 Å². The Morgan fingerprint density at radius 1 is 1.14 bits per heavy atom. The van der Waals surface area contributed by atoms with Crippen LogP contribution in [0.3, 0.4) is 0 Å². The van der Waals surface area contributed by atoms with Crippen LogP contribution in [0.1, 0.15) is 16.6 Å². The molecule has 0 unspecified atom stereocenters. The van der Waals surface area contributed by atoms with Crippen molar-refractivity contribution in [3.05, 3.63) is 54.6 Å². The van der Waals surface area contributed by atoms with Crippen molar-refractivity contribution in [2.24, 2.45) is 0 Å². The number of benzene rings is 1. The lowest BCUT2D eigenvalue weighted by Gasteiger charge is -2.04. The molecule has 28 heavy (non-hydrogen) atoms. The summed E-state index contributed by atoms with van der Waals surface area (Å²) in [5, 5.41) is 21.0. The predicted molar refractivity (Wildman–Crippen MR) is 97.1 cm³/mol. The van der Waals surface area contributed by atoms with Crippen LogP contribution in [0, 0.1) is 6.92 Å². The topological polar surface area (TPSA) is 148 Å². The van der Waals surface area contributed by atoms with Crippen molar-refractivity contribution in [3.8, 4) is 11.3 Å². The third-order valence-electron chi connectivity index (χ3n) is 3.70. The molecule has 0 radical (unpaired) electrons. The SMILES string of the molecule is Cc1nnc(C(=O)Nc2cccc(-c3cn4cc(NC(=O)O)cnc4n3)c2)o1. The van der Waals surface area contributed by atoms with Gasteiger partial charge in [-0.3, -0.25) is 14.5 Å². The molecule has 0 saturated heterocycles. The maximum atomic E-state index is 12.1. The predicted octanol–water partition coefficient (Wildman–Crippen LogP) is 2.43. The Morgan fingerprint density at radius 3 is 2.75 bits per heavy atom. The Morgan fingerprint density at radius 2 is 2.00 bits per heavy atom. The highest BCUT2D eigenvalue weighted by atomic mass is 16.4. The molecular formula is C17H13N7O4. The number of imidazole rings is 1. The lowest BCUT2D eigenvalue weighted by Crippen LogP contribution is -2.12. The van der Waals surface area contributed by atoms with E-state index in [2.05, 4.69) is 30.8 Å². The number of aromatic nitrogens is 5. The number of fused-ring (bicyclic) bond motifs is 1. The maximum absolute atomic E-state index is 12.1. The number of hydrogen-bond acceptors (Lipinski definition) is 7. The molecule has 4 rings (SSSR count). The number of carbonyl (C=O) groups excluding carboxylic acids is 1. The van der Waals surface area contributed by atoms with E-state index in [9.17, 15) is 9.59 Å². The minimum absolute atomic E-state index is 0.127. The summed E-state index contributed by atoms with van der Waals surface area (Å²) < 4.78 is 6.71. The van der Waals surface area contributed by atoms with E-state index in [1.165, 1.54) is 6.20 Å². The Labute approximate surface area is 157 Å². The number of rotatable bonds is 4. The van der Waals surface area contributed by atoms with Crippen molar-refractivity contribution in [3.63, 3.8) is 0 Å². The number of nitrogens with zero attached hydrogens (tertiary/aromatic N) is 5. The number of carboxylic acid groups (broad SMARTS) is 1. The molecule has 0 aliphatic carbocycles. The summed E-state index contributed by atoms with van der Waals surface area (Å²) in [5.74, 6) is 0.0617. The van der Waals surface area contributed by atoms with Gasteiger partial charge in [0.2, 0.25) is 11.7 Å². The fourth-order valence-corrected chi connectivity index (χ4v) is 2.54. The van der Waals surface area contributed by atoms with Crippen molar-refractivity contribution in [1.29, 1.82) is 0 Å². The number of amides is 2. The quantitative estimate of drug-likeness (QED) is 0.490. The normalized spacial score (nSPS) is 10.8. The first-order valence-corrected chi connectivity index (χ1v) is 8.04. The van der Waals surface area contributed by atoms with Crippen molar-refractivity contribution in [1.82, 2.24) is 24.6 Å². The number of anilines is 2. The van der Waals surface area contributed by atoms with Gasteiger partial charge in [-0.2, -0.15) is 0 Å². The van der Waals surface area contributed by atoms with Crippen LogP contribution in [0.5, 0.6) is 0 Å². The third kappa shape index (κ3) is 3.49. The minimum atomic E-state index is -1.18. The first-order valence-electron chi connectivity index (χ1n) is 8.04. The average molecular weight is 379 g/mol. The molecule has 0 spiro atoms. The lowest BCUT2D eigenvalue weighted by molar-refractivity contribution is 0.0989. The molecule has 0 atom stereocenters. The van der Waals surface area contributed by atoms with Crippen LogP contribution in [0.25, 0.3) is 17.0 Å². The van der Waals surface area contributed by atoms with Crippen molar-refractivity contribution in [2.45, 2.75) is 6.92 Å². The van der Waals surface area contributed by atoms with Gasteiger partial charge in [-0.15, -0.1) is 10.2 Å². The summed E-state index contributed by atoms with van der Waals surface area (Å²) in [6.45, 7) is 1.60. The summed E-state index contributed by atoms with van der Waals surface area (Å²) in [7, 11) is 0. The smallest absolute Gasteiger partial charge is 0.409 e. The maximum Gasteiger partial charge on any atom is 0.409 e. The van der Waals surface area contributed by atoms with E-state index in [4.69, 9.17) is 9.52 Å². The Balaban J connectivity index is 1.60. The van der Waals surface area contributed by atoms with Crippen LogP contribution in [0.15, 0.2) is 47.3 Å². The highest BCUT2D eigenvalue weighted by Crippen LogP contribution is 2.23. The van der Waals surface area contributed by atoms with E-state index in [1.54, 1.807) is 41.9 Å². The molecule has 0 fully saturated rings. The molecule has 0 aliphatic heterocycles. The highest BCUT2D eigenvalue weighted by molar-refractivity contribution is 6.01. The number of hydrogen-bond donors (Lipinski definition) is 3. The molecule has 3 aromatic heterocycles. The number of carbonyl (C=O) groups is 2. The number of nitrogens with one attached hydrogen (secondary N) is 2. The highest BCUT2D eigenvalue weighted by Gasteiger charge is 2.14. The second-order valence-electron chi connectivity index (χ2n) is 5.77. The second-order valence-corrected chi connectivity index (χ2v) is 5.77. The van der Waals surface area contributed by atoms with Crippen LogP contribution >= 0.6 is 0 Å². The minimum Gasteiger partial charge on any atom is -0.465 e. The Kier molecular flexibility index (Phi) is 4.16. The van der Waals surface area contributed by atoms with Gasteiger partial charge in [0.25, 0.3) is 0 Å². The third-order valence-corrected chi connectivity index (χ3v) is 3.70. The molecule has 3 heterocycles. The van der Waals surface area contributed by atoms with E-state index in [0.717, 1.165) is 5.56 Å². The molecule has 2 amide bonds. The van der Waals surface area contributed by atoms with Crippen LogP contribution < -0.4 is 10.6 Å². The zero-order valence-corrected chi connectivity index (χ0v) is 14.4. The van der Waals surface area contributed by atoms with Crippen molar-refractivity contribution >= 4 is 29.2 Å². The van der Waals surface area contributed by atoms with Gasteiger partial charge in [0.05, 0.1) is 17.6 Å². The summed E-state index contributed by atoms with van der Waals surface area (Å²) >= 11 is 0. The summed E-state index contributed by atoms with van der Waals surface area (Å²) in [5.41, 5.74) is 2.18. The molecular weight excluding hydrogens is 366 g/mol. The van der Waals surface area contributed by atoms with Gasteiger partial charge in [-0.25, -0.2) is 14.8 Å². The summed E-state index contributed by atoms with van der Waals surface area (Å²) in [6.07, 6.45) is 3.47. The molecule has 1 aromatic carbocycles. The van der Waals surface area contributed by atoms with Crippen LogP contribution in [0.4, 0.5) is 16.2 Å². The van der Waals surface area contributed by atoms with Gasteiger partial charge in [-0.05, 0) is 12.1 Å². The van der Waals surface area contributed by atoms with E-state index in [-0.39, 0.29) is 5.89 Å². The van der Waals surface area contributed by atoms with E-state index < -0.39 is 12.0 Å². The van der Waals surface area contributed by atoms with Crippen LogP contribution in [-0.2, 0) is 0 Å². The van der Waals surface area contributed by atoms with Crippen molar-refractivity contribution in [2.75, 3.05) is 10.6 Å². The monoisotopic (exact) mass is 379 g/mol. The molecule has 11 nitrogen and oxygen atoms in total. The molecule has 0 aliphatic rings. The fourth-order valence-electron chi connectivity index (χ4n) is 2.54. The average Bonchev–Trinajstić information content (AvgIpc) is 3.27. The molecule has 0 bridgehead atoms. The molecule has 140 valence electrons. The molecule has 0 saturated carbocycles. The molecule has 11 heteroatoms. The largest absolute Gasteiger partial charge is 0.465 e. The van der Waals surface area contributed by atoms with Crippen LogP contribution in [-0.4, -0.2) is 41.7 Å². The van der Waals surface area contributed by atoms with Crippen LogP contribution in [0.2, 0.25) is 0 Å². The molecule has 3 N–H and O–H groups in total. The lowest BCUT2D eigenvalue weighted by atomic mass is 10.1. The zero-order chi connectivity index (χ0) is 19.7. The van der Waals surface area contributed by atoms with Gasteiger partial charge < -0.3 is 14.8 Å². The van der Waals surface area contributed by atoms with E-state index >= 15 is 0 Å². The van der Waals surface area contributed by atoms with Gasteiger partial charge in [0.15, 0.2) is 0 Å². The molecule has 4 aromatic rings. The van der Waals surface area contributed by atoms with Gasteiger partial charge in [0, 0.05) is 30.6 Å². The zero-order valence-electron chi connectivity index (χ0n) is 14.4. The summed E-state index contributed by atoms with van der Waals surface area (Å²) in [4.78, 5) is 31.4. The summed E-state index contributed by atoms with van der Waals surface area (Å²) in [6, 6.07) is 7.04. The Bertz CT molecular complexity index is 1200. The van der Waals surface area contributed by atoms with Gasteiger partial charge in [0.1, 0.15) is 0 Å². The first-order chi connectivity index (χ1) is 13.5. The fraction of sp³-hybridized carbons (Fsp3) is 0.0588. The first kappa shape index (κ1) is 17.1. The number of aryl methyl sites for hydroxylation is 1. The van der Waals surface area contributed by atoms with Gasteiger partial charge >= 0.3 is 17.9 Å². The Hall–Kier alpha value is -4.28. The van der Waals surface area contributed by atoms with E-state index in [1.807, 2.05) is 6.07 Å². The second kappa shape index (κ2) is 6.79.